The maximum atomic E-state index is 13.0. The van der Waals surface area contributed by atoms with Gasteiger partial charge in [0.25, 0.3) is 5.69 Å². The Morgan fingerprint density at radius 2 is 1.64 bits per heavy atom. The largest absolute Gasteiger partial charge is 0.457 e. The van der Waals surface area contributed by atoms with Gasteiger partial charge in [0.1, 0.15) is 17.0 Å². The highest BCUT2D eigenvalue weighted by Crippen LogP contribution is 2.33. The average Bonchev–Trinajstić information content (AvgIpc) is 2.62. The van der Waals surface area contributed by atoms with Crippen LogP contribution < -0.4 is 10.2 Å². The Hall–Kier alpha value is -3.67. The third-order valence-corrected chi connectivity index (χ3v) is 3.97. The van der Waals surface area contributed by atoms with Crippen LogP contribution >= 0.6 is 0 Å². The number of nitrogens with one attached hydrogen (secondary N) is 1. The highest BCUT2D eigenvalue weighted by atomic mass is 16.6. The number of non-ortho nitro benzene ring substituents is 1. The van der Waals surface area contributed by atoms with E-state index in [4.69, 9.17) is 4.74 Å². The smallest absolute Gasteiger partial charge is 0.293 e. The van der Waals surface area contributed by atoms with Crippen LogP contribution in [-0.2, 0) is 0 Å². The molecular weight excluding hydrogens is 320 g/mol. The van der Waals surface area contributed by atoms with Crippen molar-refractivity contribution in [2.45, 2.75) is 0 Å². The van der Waals surface area contributed by atoms with E-state index >= 15 is 0 Å². The van der Waals surface area contributed by atoms with Gasteiger partial charge in [-0.3, -0.25) is 14.9 Å². The number of pyridine rings is 1. The fraction of sp³-hybridized carbons (Fsp3) is 0. The van der Waals surface area contributed by atoms with Crippen LogP contribution in [0.1, 0.15) is 0 Å². The first-order valence-electron chi connectivity index (χ1n) is 7.60. The molecule has 0 bridgehead atoms. The third-order valence-electron chi connectivity index (χ3n) is 3.97. The topological polar surface area (TPSA) is 85.2 Å². The molecule has 0 saturated carbocycles. The number of ether oxygens (including phenoxy) is 1. The molecule has 0 amide bonds. The number of aromatic nitrogens is 1. The zero-order valence-corrected chi connectivity index (χ0v) is 12.9. The summed E-state index contributed by atoms with van der Waals surface area (Å²) >= 11 is 0. The molecule has 0 aliphatic heterocycles. The molecule has 0 saturated heterocycles. The second kappa shape index (κ2) is 5.76. The Morgan fingerprint density at radius 3 is 2.40 bits per heavy atom. The predicted molar refractivity (Wildman–Crippen MR) is 95.2 cm³/mol. The van der Waals surface area contributed by atoms with Gasteiger partial charge in [0, 0.05) is 17.0 Å². The number of rotatable bonds is 3. The van der Waals surface area contributed by atoms with Crippen LogP contribution in [0.4, 0.5) is 5.69 Å². The van der Waals surface area contributed by atoms with E-state index < -0.39 is 4.92 Å². The first-order valence-corrected chi connectivity index (χ1v) is 7.60. The third kappa shape index (κ3) is 2.49. The van der Waals surface area contributed by atoms with Gasteiger partial charge in [-0.05, 0) is 30.3 Å². The average molecular weight is 332 g/mol. The van der Waals surface area contributed by atoms with Crippen molar-refractivity contribution in [3.05, 3.63) is 87.1 Å². The molecule has 0 unspecified atom stereocenters. The number of nitro groups is 1. The van der Waals surface area contributed by atoms with Gasteiger partial charge in [-0.25, -0.2) is 0 Å². The molecule has 0 aliphatic rings. The molecule has 6 heteroatoms. The molecule has 3 aromatic carbocycles. The van der Waals surface area contributed by atoms with Crippen molar-refractivity contribution in [1.29, 1.82) is 0 Å². The number of hydrogen-bond donors (Lipinski definition) is 1. The van der Waals surface area contributed by atoms with Gasteiger partial charge in [-0.15, -0.1) is 0 Å². The van der Waals surface area contributed by atoms with E-state index in [-0.39, 0.29) is 27.8 Å². The van der Waals surface area contributed by atoms with Crippen LogP contribution in [0.3, 0.4) is 0 Å². The van der Waals surface area contributed by atoms with E-state index in [1.807, 2.05) is 18.2 Å². The van der Waals surface area contributed by atoms with Crippen LogP contribution in [0.2, 0.25) is 0 Å². The molecule has 25 heavy (non-hydrogen) atoms. The molecule has 1 aromatic heterocycles. The molecule has 0 aliphatic carbocycles. The Morgan fingerprint density at radius 1 is 0.920 bits per heavy atom. The lowest BCUT2D eigenvalue weighted by atomic mass is 10.1. The van der Waals surface area contributed by atoms with E-state index in [2.05, 4.69) is 4.98 Å². The molecule has 0 atom stereocenters. The van der Waals surface area contributed by atoms with Crippen molar-refractivity contribution in [3.8, 4) is 11.5 Å². The lowest BCUT2D eigenvalue weighted by Crippen LogP contribution is -2.07. The summed E-state index contributed by atoms with van der Waals surface area (Å²) in [5.41, 5.74) is 0.222. The van der Waals surface area contributed by atoms with Crippen LogP contribution in [0.15, 0.2) is 71.5 Å². The maximum absolute atomic E-state index is 13.0. The molecule has 0 fully saturated rings. The number of fused-ring (bicyclic) bond motifs is 2. The van der Waals surface area contributed by atoms with Gasteiger partial charge >= 0.3 is 0 Å². The minimum atomic E-state index is -0.515. The summed E-state index contributed by atoms with van der Waals surface area (Å²) in [5.74, 6) is 0.823. The lowest BCUT2D eigenvalue weighted by Gasteiger charge is -2.10. The minimum Gasteiger partial charge on any atom is -0.457 e. The molecule has 1 N–H and O–H groups in total. The monoisotopic (exact) mass is 332 g/mol. The summed E-state index contributed by atoms with van der Waals surface area (Å²) in [4.78, 5) is 26.8. The van der Waals surface area contributed by atoms with Gasteiger partial charge in [0.15, 0.2) is 0 Å². The van der Waals surface area contributed by atoms with Crippen LogP contribution in [-0.4, -0.2) is 9.91 Å². The summed E-state index contributed by atoms with van der Waals surface area (Å²) < 4.78 is 5.81. The molecule has 4 aromatic rings. The van der Waals surface area contributed by atoms with Crippen molar-refractivity contribution in [3.63, 3.8) is 0 Å². The predicted octanol–water partition coefficient (Wildman–Crippen LogP) is 4.38. The first kappa shape index (κ1) is 14.9. The molecule has 4 rings (SSSR count). The van der Waals surface area contributed by atoms with E-state index in [0.717, 1.165) is 0 Å². The van der Waals surface area contributed by atoms with Crippen LogP contribution in [0.25, 0.3) is 21.8 Å². The van der Waals surface area contributed by atoms with Gasteiger partial charge in [-0.2, -0.15) is 0 Å². The minimum absolute atomic E-state index is 0.155. The highest BCUT2D eigenvalue weighted by molar-refractivity contribution is 5.99. The Labute approximate surface area is 141 Å². The fourth-order valence-corrected chi connectivity index (χ4v) is 2.84. The number of benzene rings is 3. The first-order chi connectivity index (χ1) is 12.1. The summed E-state index contributed by atoms with van der Waals surface area (Å²) in [5, 5.41) is 12.0. The summed E-state index contributed by atoms with van der Waals surface area (Å²) in [7, 11) is 0. The van der Waals surface area contributed by atoms with E-state index in [1.165, 1.54) is 12.1 Å². The van der Waals surface area contributed by atoms with Crippen molar-refractivity contribution < 1.29 is 9.66 Å². The number of para-hydroxylation sites is 2. The summed E-state index contributed by atoms with van der Waals surface area (Å²) in [6.07, 6.45) is 0. The maximum Gasteiger partial charge on any atom is 0.293 e. The van der Waals surface area contributed by atoms with Crippen molar-refractivity contribution >= 4 is 27.5 Å². The number of nitrogens with zero attached hydrogens (tertiary/aromatic N) is 1. The van der Waals surface area contributed by atoms with Crippen LogP contribution in [0, 0.1) is 10.1 Å². The number of hydrogen-bond acceptors (Lipinski definition) is 4. The van der Waals surface area contributed by atoms with Crippen molar-refractivity contribution in [2.24, 2.45) is 0 Å². The zero-order valence-electron chi connectivity index (χ0n) is 12.9. The summed E-state index contributed by atoms with van der Waals surface area (Å²) in [6, 6.07) is 18.7. The normalized spacial score (nSPS) is 10.9. The number of H-pyrrole nitrogens is 1. The van der Waals surface area contributed by atoms with Gasteiger partial charge in [-0.1, -0.05) is 30.3 Å². The van der Waals surface area contributed by atoms with Gasteiger partial charge in [0.2, 0.25) is 5.43 Å². The number of nitro benzene ring substituents is 1. The molecule has 6 nitrogen and oxygen atoms in total. The number of aromatic amines is 1. The quantitative estimate of drug-likeness (QED) is 0.343. The molecule has 1 heterocycles. The second-order valence-electron chi connectivity index (χ2n) is 5.50. The standard InChI is InChI=1S/C19H12N2O4/c22-19-13-8-4-5-9-14(13)20-18-15(21(23)24)10-11-16(17(18)19)25-12-6-2-1-3-7-12/h1-11H,(H,20,22). The second-order valence-corrected chi connectivity index (χ2v) is 5.50. The molecule has 122 valence electrons. The van der Waals surface area contributed by atoms with E-state index in [9.17, 15) is 14.9 Å². The fourth-order valence-electron chi connectivity index (χ4n) is 2.84. The van der Waals surface area contributed by atoms with Gasteiger partial charge < -0.3 is 9.72 Å². The molecule has 0 spiro atoms. The highest BCUT2D eigenvalue weighted by Gasteiger charge is 2.20. The summed E-state index contributed by atoms with van der Waals surface area (Å²) in [6.45, 7) is 0. The Bertz CT molecular complexity index is 1170. The van der Waals surface area contributed by atoms with Crippen LogP contribution in [0.5, 0.6) is 11.5 Å². The van der Waals surface area contributed by atoms with E-state index in [0.29, 0.717) is 16.7 Å². The molecule has 0 radical (unpaired) electrons. The SMILES string of the molecule is O=c1c2ccccc2[nH]c2c([N+](=O)[O-])ccc(Oc3ccccc3)c12. The molecular formula is C19H12N2O4. The lowest BCUT2D eigenvalue weighted by molar-refractivity contribution is -0.383. The van der Waals surface area contributed by atoms with Crippen molar-refractivity contribution in [1.82, 2.24) is 4.98 Å². The Balaban J connectivity index is 2.07. The zero-order chi connectivity index (χ0) is 17.4. The Kier molecular flexibility index (Phi) is 3.43. The van der Waals surface area contributed by atoms with E-state index in [1.54, 1.807) is 36.4 Å². The van der Waals surface area contributed by atoms with Gasteiger partial charge in [0.05, 0.1) is 10.3 Å². The van der Waals surface area contributed by atoms with Crippen molar-refractivity contribution in [2.75, 3.05) is 0 Å².